The first kappa shape index (κ1) is 20.4. The van der Waals surface area contributed by atoms with E-state index < -0.39 is 24.5 Å². The zero-order valence-electron chi connectivity index (χ0n) is 15.6. The average Bonchev–Trinajstić information content (AvgIpc) is 3.46. The predicted octanol–water partition coefficient (Wildman–Crippen LogP) is 3.89. The molecule has 0 spiro atoms. The molecule has 3 rings (SSSR count). The first-order valence-corrected chi connectivity index (χ1v) is 9.76. The molecule has 0 radical (unpaired) electrons. The third-order valence-electron chi connectivity index (χ3n) is 3.83. The third-order valence-corrected chi connectivity index (χ3v) is 4.73. The zero-order chi connectivity index (χ0) is 20.6. The highest BCUT2D eigenvalue weighted by molar-refractivity contribution is 7.15. The van der Waals surface area contributed by atoms with Crippen molar-refractivity contribution in [3.05, 3.63) is 53.5 Å². The molecule has 29 heavy (non-hydrogen) atoms. The van der Waals surface area contributed by atoms with E-state index >= 15 is 0 Å². The molecule has 0 saturated heterocycles. The first-order valence-electron chi connectivity index (χ1n) is 8.88. The fourth-order valence-electron chi connectivity index (χ4n) is 2.53. The molecule has 1 N–H and O–H groups in total. The zero-order valence-corrected chi connectivity index (χ0v) is 16.5. The molecule has 0 aliphatic heterocycles. The van der Waals surface area contributed by atoms with E-state index in [9.17, 15) is 14.4 Å². The van der Waals surface area contributed by atoms with E-state index in [2.05, 4.69) is 5.32 Å². The Morgan fingerprint density at radius 1 is 1.10 bits per heavy atom. The molecule has 0 fully saturated rings. The van der Waals surface area contributed by atoms with Gasteiger partial charge in [-0.25, -0.2) is 4.79 Å². The monoisotopic (exact) mass is 417 g/mol. The van der Waals surface area contributed by atoms with E-state index in [1.807, 2.05) is 0 Å². The standard InChI is InChI=1S/C20H19NO7S/c1-2-25-20(24)18-14(15-6-4-10-27-15)12-29-19(18)21-16(22)11-28-17(23)8-7-13-5-3-9-26-13/h3-6,9-10,12H,2,7-8,11H2,1H3,(H,21,22). The van der Waals surface area contributed by atoms with Crippen molar-refractivity contribution < 1.29 is 32.7 Å². The number of anilines is 1. The van der Waals surface area contributed by atoms with Gasteiger partial charge in [-0.2, -0.15) is 0 Å². The first-order chi connectivity index (χ1) is 14.1. The second-order valence-corrected chi connectivity index (χ2v) is 6.72. The Labute approximate surface area is 170 Å². The van der Waals surface area contributed by atoms with Crippen molar-refractivity contribution in [3.8, 4) is 11.3 Å². The molecular formula is C20H19NO7S. The average molecular weight is 417 g/mol. The number of amides is 1. The van der Waals surface area contributed by atoms with Crippen LogP contribution in [0.1, 0.15) is 29.5 Å². The Kier molecular flexibility index (Phi) is 6.85. The van der Waals surface area contributed by atoms with E-state index in [-0.39, 0.29) is 18.6 Å². The van der Waals surface area contributed by atoms with Crippen molar-refractivity contribution in [1.82, 2.24) is 0 Å². The second-order valence-electron chi connectivity index (χ2n) is 5.84. The number of hydrogen-bond acceptors (Lipinski definition) is 8. The second kappa shape index (κ2) is 9.74. The van der Waals surface area contributed by atoms with Crippen molar-refractivity contribution in [2.24, 2.45) is 0 Å². The van der Waals surface area contributed by atoms with Gasteiger partial charge in [0.15, 0.2) is 6.61 Å². The Morgan fingerprint density at radius 2 is 1.90 bits per heavy atom. The summed E-state index contributed by atoms with van der Waals surface area (Å²) in [6.45, 7) is 1.41. The summed E-state index contributed by atoms with van der Waals surface area (Å²) in [4.78, 5) is 36.4. The Hall–Kier alpha value is -3.33. The van der Waals surface area contributed by atoms with Gasteiger partial charge in [-0.15, -0.1) is 11.3 Å². The van der Waals surface area contributed by atoms with E-state index in [0.29, 0.717) is 28.5 Å². The molecule has 3 heterocycles. The molecule has 1 amide bonds. The summed E-state index contributed by atoms with van der Waals surface area (Å²) in [6, 6.07) is 6.89. The van der Waals surface area contributed by atoms with Crippen LogP contribution in [0.2, 0.25) is 0 Å². The number of carbonyl (C=O) groups excluding carboxylic acids is 3. The number of hydrogen-bond donors (Lipinski definition) is 1. The molecule has 152 valence electrons. The minimum Gasteiger partial charge on any atom is -0.469 e. The van der Waals surface area contributed by atoms with Crippen molar-refractivity contribution in [2.45, 2.75) is 19.8 Å². The lowest BCUT2D eigenvalue weighted by molar-refractivity contribution is -0.147. The lowest BCUT2D eigenvalue weighted by atomic mass is 10.1. The maximum absolute atomic E-state index is 12.4. The minimum atomic E-state index is -0.578. The third kappa shape index (κ3) is 5.35. The number of carbonyl (C=O) groups is 3. The number of thiophene rings is 1. The number of rotatable bonds is 9. The van der Waals surface area contributed by atoms with Crippen LogP contribution in [0.15, 0.2) is 51.0 Å². The van der Waals surface area contributed by atoms with Gasteiger partial charge < -0.3 is 23.6 Å². The number of furan rings is 2. The lowest BCUT2D eigenvalue weighted by Crippen LogP contribution is -2.21. The molecule has 0 aliphatic rings. The van der Waals surface area contributed by atoms with Crippen molar-refractivity contribution in [3.63, 3.8) is 0 Å². The van der Waals surface area contributed by atoms with Crippen molar-refractivity contribution >= 4 is 34.2 Å². The van der Waals surface area contributed by atoms with E-state index in [0.717, 1.165) is 11.3 Å². The minimum absolute atomic E-state index is 0.0938. The summed E-state index contributed by atoms with van der Waals surface area (Å²) in [6.07, 6.45) is 3.49. The van der Waals surface area contributed by atoms with Crippen LogP contribution in [0.3, 0.4) is 0 Å². The largest absolute Gasteiger partial charge is 0.469 e. The van der Waals surface area contributed by atoms with Gasteiger partial charge in [0.2, 0.25) is 0 Å². The molecule has 8 nitrogen and oxygen atoms in total. The van der Waals surface area contributed by atoms with Gasteiger partial charge in [0.25, 0.3) is 5.91 Å². The summed E-state index contributed by atoms with van der Waals surface area (Å²) >= 11 is 1.15. The Morgan fingerprint density at radius 3 is 2.59 bits per heavy atom. The fraction of sp³-hybridized carbons (Fsp3) is 0.250. The van der Waals surface area contributed by atoms with Gasteiger partial charge >= 0.3 is 11.9 Å². The van der Waals surface area contributed by atoms with Gasteiger partial charge in [0.1, 0.15) is 22.1 Å². The molecule has 0 unspecified atom stereocenters. The highest BCUT2D eigenvalue weighted by atomic mass is 32.1. The van der Waals surface area contributed by atoms with E-state index in [4.69, 9.17) is 18.3 Å². The van der Waals surface area contributed by atoms with Gasteiger partial charge in [-0.1, -0.05) is 0 Å². The Bertz CT molecular complexity index is 957. The van der Waals surface area contributed by atoms with Crippen molar-refractivity contribution in [1.29, 1.82) is 0 Å². The van der Waals surface area contributed by atoms with Crippen LogP contribution in [0.4, 0.5) is 5.00 Å². The summed E-state index contributed by atoms with van der Waals surface area (Å²) < 4.78 is 20.6. The van der Waals surface area contributed by atoms with Crippen LogP contribution in [0.5, 0.6) is 0 Å². The molecule has 0 bridgehead atoms. The van der Waals surface area contributed by atoms with Crippen LogP contribution in [0, 0.1) is 0 Å². The molecule has 0 aromatic carbocycles. The SMILES string of the molecule is CCOC(=O)c1c(-c2ccco2)csc1NC(=O)COC(=O)CCc1ccco1. The number of ether oxygens (including phenoxy) is 2. The molecule has 3 aromatic heterocycles. The molecule has 3 aromatic rings. The molecular weight excluding hydrogens is 398 g/mol. The van der Waals surface area contributed by atoms with E-state index in [1.165, 1.54) is 12.5 Å². The summed E-state index contributed by atoms with van der Waals surface area (Å²) in [7, 11) is 0. The van der Waals surface area contributed by atoms with Crippen LogP contribution in [-0.4, -0.2) is 31.1 Å². The summed E-state index contributed by atoms with van der Waals surface area (Å²) in [5.74, 6) is -0.520. The fourth-order valence-corrected chi connectivity index (χ4v) is 3.48. The lowest BCUT2D eigenvalue weighted by Gasteiger charge is -2.08. The van der Waals surface area contributed by atoms with Gasteiger partial charge in [0.05, 0.1) is 25.6 Å². The molecule has 0 aliphatic carbocycles. The summed E-state index contributed by atoms with van der Waals surface area (Å²) in [5, 5.41) is 4.59. The van der Waals surface area contributed by atoms with Crippen LogP contribution in [0.25, 0.3) is 11.3 Å². The van der Waals surface area contributed by atoms with Crippen LogP contribution < -0.4 is 5.32 Å². The highest BCUT2D eigenvalue weighted by Gasteiger charge is 2.24. The van der Waals surface area contributed by atoms with Gasteiger partial charge in [0, 0.05) is 17.4 Å². The topological polar surface area (TPSA) is 108 Å². The van der Waals surface area contributed by atoms with Gasteiger partial charge in [-0.3, -0.25) is 9.59 Å². The maximum Gasteiger partial charge on any atom is 0.341 e. The number of nitrogens with one attached hydrogen (secondary N) is 1. The molecule has 0 atom stereocenters. The smallest absolute Gasteiger partial charge is 0.341 e. The van der Waals surface area contributed by atoms with Gasteiger partial charge in [-0.05, 0) is 31.2 Å². The quantitative estimate of drug-likeness (QED) is 0.526. The normalized spacial score (nSPS) is 10.5. The predicted molar refractivity (Wildman–Crippen MR) is 105 cm³/mol. The number of aryl methyl sites for hydroxylation is 1. The van der Waals surface area contributed by atoms with Crippen molar-refractivity contribution in [2.75, 3.05) is 18.5 Å². The van der Waals surface area contributed by atoms with Crippen LogP contribution >= 0.6 is 11.3 Å². The molecule has 9 heteroatoms. The summed E-state index contributed by atoms with van der Waals surface area (Å²) in [5.41, 5.74) is 0.716. The highest BCUT2D eigenvalue weighted by Crippen LogP contribution is 2.36. The molecule has 0 saturated carbocycles. The maximum atomic E-state index is 12.4. The van der Waals surface area contributed by atoms with Crippen LogP contribution in [-0.2, 0) is 25.5 Å². The van der Waals surface area contributed by atoms with E-state index in [1.54, 1.807) is 36.6 Å². The Balaban J connectivity index is 1.60. The number of esters is 2.